The van der Waals surface area contributed by atoms with Crippen molar-refractivity contribution in [3.8, 4) is 5.75 Å². The topological polar surface area (TPSA) is 126 Å². The number of benzene rings is 4. The van der Waals surface area contributed by atoms with Crippen molar-refractivity contribution in [2.75, 3.05) is 57.5 Å². The van der Waals surface area contributed by atoms with E-state index in [1.807, 2.05) is 42.5 Å². The molecule has 0 aliphatic carbocycles. The van der Waals surface area contributed by atoms with Gasteiger partial charge in [0.25, 0.3) is 5.91 Å². The third-order valence-electron chi connectivity index (χ3n) is 11.1. The van der Waals surface area contributed by atoms with Gasteiger partial charge in [-0.25, -0.2) is 14.8 Å². The number of thiazole rings is 2. The van der Waals surface area contributed by atoms with Crippen LogP contribution in [-0.2, 0) is 35.3 Å². The highest BCUT2D eigenvalue weighted by Crippen LogP contribution is 2.34. The van der Waals surface area contributed by atoms with Gasteiger partial charge >= 0.3 is 5.97 Å². The average Bonchev–Trinajstić information content (AvgIpc) is 3.89. The van der Waals surface area contributed by atoms with Crippen molar-refractivity contribution < 1.29 is 28.9 Å². The lowest BCUT2D eigenvalue weighted by molar-refractivity contribution is 0.0332. The maximum absolute atomic E-state index is 14.2. The largest absolute Gasteiger partial charge is 0.494 e. The third kappa shape index (κ3) is 10.4. The molecule has 2 aliphatic rings. The Kier molecular flexibility index (Phi) is 13.2. The number of anilines is 1. The van der Waals surface area contributed by atoms with E-state index in [1.54, 1.807) is 0 Å². The van der Waals surface area contributed by atoms with E-state index in [0.717, 1.165) is 98.6 Å². The molecule has 1 atom stereocenters. The van der Waals surface area contributed by atoms with E-state index in [9.17, 15) is 14.7 Å². The summed E-state index contributed by atoms with van der Waals surface area (Å²) in [5, 5.41) is 17.0. The number of aromatic carboxylic acids is 1. The highest BCUT2D eigenvalue weighted by Gasteiger charge is 2.29. The Morgan fingerprint density at radius 1 is 0.917 bits per heavy atom. The van der Waals surface area contributed by atoms with Crippen LogP contribution in [0.15, 0.2) is 78.9 Å². The van der Waals surface area contributed by atoms with E-state index < -0.39 is 20.3 Å². The fourth-order valence-electron chi connectivity index (χ4n) is 7.70. The van der Waals surface area contributed by atoms with Gasteiger partial charge in [0.2, 0.25) is 0 Å². The number of ether oxygens (including phenoxy) is 3. The molecule has 4 heterocycles. The summed E-state index contributed by atoms with van der Waals surface area (Å²) in [6, 6.07) is 27.4. The summed E-state index contributed by atoms with van der Waals surface area (Å²) in [5.74, 6) is -0.393. The molecule has 60 heavy (non-hydrogen) atoms. The first-order chi connectivity index (χ1) is 29.1. The number of hydrogen-bond donors (Lipinski definition) is 2. The Hall–Kier alpha value is -4.70. The van der Waals surface area contributed by atoms with Gasteiger partial charge < -0.3 is 29.5 Å². The van der Waals surface area contributed by atoms with Crippen LogP contribution in [0.3, 0.4) is 0 Å². The second kappa shape index (κ2) is 18.9. The lowest BCUT2D eigenvalue weighted by Crippen LogP contribution is -2.37. The van der Waals surface area contributed by atoms with Crippen LogP contribution in [0.1, 0.15) is 60.1 Å². The summed E-state index contributed by atoms with van der Waals surface area (Å²) in [5.41, 5.74) is 4.69. The molecule has 314 valence electrons. The number of morpholine rings is 1. The molecule has 2 aliphatic heterocycles. The Bertz CT molecular complexity index is 2430. The Labute approximate surface area is 360 Å². The van der Waals surface area contributed by atoms with Gasteiger partial charge in [-0.2, -0.15) is 0 Å². The minimum atomic E-state index is -1.38. The number of para-hydroxylation sites is 1. The molecule has 1 amide bonds. The quantitative estimate of drug-likeness (QED) is 0.0522. The van der Waals surface area contributed by atoms with Crippen LogP contribution in [0.4, 0.5) is 5.13 Å². The highest BCUT2D eigenvalue weighted by molar-refractivity contribution is 7.18. The van der Waals surface area contributed by atoms with Crippen LogP contribution >= 0.6 is 22.7 Å². The van der Waals surface area contributed by atoms with Crippen molar-refractivity contribution in [1.82, 2.24) is 20.2 Å². The van der Waals surface area contributed by atoms with E-state index >= 15 is 0 Å². The van der Waals surface area contributed by atoms with Gasteiger partial charge in [0, 0.05) is 57.8 Å². The Morgan fingerprint density at radius 3 is 2.55 bits per heavy atom. The first-order valence-electron chi connectivity index (χ1n) is 20.9. The van der Waals surface area contributed by atoms with Gasteiger partial charge in [-0.05, 0) is 89.5 Å². The van der Waals surface area contributed by atoms with Crippen LogP contribution in [-0.4, -0.2) is 92.5 Å². The average molecular weight is 864 g/mol. The van der Waals surface area contributed by atoms with Gasteiger partial charge in [-0.15, -0.1) is 22.7 Å². The summed E-state index contributed by atoms with van der Waals surface area (Å²) < 4.78 is 18.9. The first-order valence-corrected chi connectivity index (χ1v) is 26.2. The predicted molar refractivity (Wildman–Crippen MR) is 243 cm³/mol. The zero-order valence-electron chi connectivity index (χ0n) is 34.6. The predicted octanol–water partition coefficient (Wildman–Crippen LogP) is 8.84. The van der Waals surface area contributed by atoms with Crippen molar-refractivity contribution in [1.29, 1.82) is 0 Å². The Morgan fingerprint density at radius 2 is 1.73 bits per heavy atom. The number of amides is 1. The fraction of sp³-hybridized carbons (Fsp3) is 0.391. The zero-order valence-corrected chi connectivity index (χ0v) is 37.2. The summed E-state index contributed by atoms with van der Waals surface area (Å²) in [4.78, 5) is 41.4. The number of nitrogens with one attached hydrogen (secondary N) is 1. The van der Waals surface area contributed by atoms with Crippen LogP contribution in [0.25, 0.3) is 21.0 Å². The number of aryl methyl sites for hydroxylation is 2. The standard InChI is InChI=1S/C46H53N5O6S2Si/c1-60(2,3)27-26-57-43(44-47-38-10-4-5-11-39(38)58-44)49-42(52)36-9-6-8-32-18-20-51(30-37(32)36)46-48-41(45(53)54)40(59-46)17-13-31-12-14-34-29-35(16-15-33(34)28-31)56-23-7-19-50-21-24-55-25-22-50/h4-6,8-12,14-16,28-29,43H,7,13,17-27,30H2,1-3H3,(H,49,52)(H,53,54). The smallest absolute Gasteiger partial charge is 0.355 e. The second-order valence-electron chi connectivity index (χ2n) is 16.7. The molecular weight excluding hydrogens is 811 g/mol. The molecule has 2 aromatic heterocycles. The van der Waals surface area contributed by atoms with Gasteiger partial charge in [-0.3, -0.25) is 9.69 Å². The van der Waals surface area contributed by atoms with Crippen molar-refractivity contribution >= 4 is 68.7 Å². The maximum Gasteiger partial charge on any atom is 0.355 e. The summed E-state index contributed by atoms with van der Waals surface area (Å²) >= 11 is 2.96. The molecule has 4 aromatic carbocycles. The van der Waals surface area contributed by atoms with Crippen molar-refractivity contribution in [2.45, 2.75) is 64.1 Å². The first kappa shape index (κ1) is 42.0. The molecule has 1 saturated heterocycles. The Balaban J connectivity index is 0.928. The molecular formula is C46H53N5O6S2Si. The molecule has 1 fully saturated rings. The normalized spacial score (nSPS) is 15.3. The fourth-order valence-corrected chi connectivity index (χ4v) is 10.5. The summed E-state index contributed by atoms with van der Waals surface area (Å²) in [7, 11) is -1.38. The zero-order chi connectivity index (χ0) is 41.6. The lowest BCUT2D eigenvalue weighted by Gasteiger charge is -2.30. The minimum absolute atomic E-state index is 0.0946. The van der Waals surface area contributed by atoms with Gasteiger partial charge in [-0.1, -0.05) is 68.2 Å². The van der Waals surface area contributed by atoms with E-state index in [1.165, 1.54) is 22.7 Å². The molecule has 0 radical (unpaired) electrons. The van der Waals surface area contributed by atoms with Crippen LogP contribution in [0, 0.1) is 0 Å². The van der Waals surface area contributed by atoms with Crippen LogP contribution in [0.2, 0.25) is 25.7 Å². The van der Waals surface area contributed by atoms with E-state index in [2.05, 4.69) is 76.1 Å². The number of fused-ring (bicyclic) bond motifs is 3. The molecule has 8 rings (SSSR count). The molecule has 2 N–H and O–H groups in total. The second-order valence-corrected chi connectivity index (χ2v) is 24.5. The molecule has 0 bridgehead atoms. The summed E-state index contributed by atoms with van der Waals surface area (Å²) in [6.45, 7) is 13.8. The molecule has 0 spiro atoms. The van der Waals surface area contributed by atoms with Gasteiger partial charge in [0.05, 0.1) is 30.0 Å². The minimum Gasteiger partial charge on any atom is -0.494 e. The van der Waals surface area contributed by atoms with Gasteiger partial charge in [0.1, 0.15) is 10.8 Å². The highest BCUT2D eigenvalue weighted by atomic mass is 32.1. The van der Waals surface area contributed by atoms with E-state index in [-0.39, 0.29) is 11.6 Å². The number of carboxylic acid groups (broad SMARTS) is 1. The number of carboxylic acids is 1. The summed E-state index contributed by atoms with van der Waals surface area (Å²) in [6.07, 6.45) is 2.23. The third-order valence-corrected chi connectivity index (χ3v) is 15.1. The number of carbonyl (C=O) groups excluding carboxylic acids is 1. The van der Waals surface area contributed by atoms with Crippen molar-refractivity contribution in [3.05, 3.63) is 117 Å². The van der Waals surface area contributed by atoms with Crippen molar-refractivity contribution in [2.24, 2.45) is 0 Å². The number of carbonyl (C=O) groups is 2. The number of hydrogen-bond acceptors (Lipinski definition) is 11. The van der Waals surface area contributed by atoms with Crippen molar-refractivity contribution in [3.63, 3.8) is 0 Å². The van der Waals surface area contributed by atoms with Gasteiger partial charge in [0.15, 0.2) is 17.1 Å². The van der Waals surface area contributed by atoms with Crippen LogP contribution < -0.4 is 15.0 Å². The number of nitrogens with zero attached hydrogens (tertiary/aromatic N) is 4. The number of aromatic nitrogens is 2. The van der Waals surface area contributed by atoms with E-state index in [4.69, 9.17) is 19.2 Å². The lowest BCUT2D eigenvalue weighted by atomic mass is 9.94. The molecule has 6 aromatic rings. The van der Waals surface area contributed by atoms with E-state index in [0.29, 0.717) is 56.3 Å². The monoisotopic (exact) mass is 863 g/mol. The van der Waals surface area contributed by atoms with Crippen LogP contribution in [0.5, 0.6) is 5.75 Å². The molecule has 11 nitrogen and oxygen atoms in total. The molecule has 14 heteroatoms. The molecule has 0 saturated carbocycles. The maximum atomic E-state index is 14.2. The molecule has 1 unspecified atom stereocenters. The number of rotatable bonds is 17. The SMILES string of the molecule is C[Si](C)(C)CCOC(NC(=O)c1cccc2c1CN(c1nc(C(=O)O)c(CCc3ccc4cc(OCCCN5CCOCC5)ccc4c3)s1)CC2)c1nc2ccccc2s1.